The summed E-state index contributed by atoms with van der Waals surface area (Å²) in [7, 11) is 0. The van der Waals surface area contributed by atoms with E-state index in [1.165, 1.54) is 51.4 Å². The van der Waals surface area contributed by atoms with Gasteiger partial charge in [0.1, 0.15) is 0 Å². The molecule has 3 nitrogen and oxygen atoms in total. The van der Waals surface area contributed by atoms with E-state index < -0.39 is 5.54 Å². The maximum absolute atomic E-state index is 12.0. The van der Waals surface area contributed by atoms with E-state index in [4.69, 9.17) is 5.73 Å². The monoisotopic (exact) mass is 252 g/mol. The van der Waals surface area contributed by atoms with Crippen molar-refractivity contribution in [3.63, 3.8) is 0 Å². The van der Waals surface area contributed by atoms with Crippen molar-refractivity contribution in [3.8, 4) is 0 Å². The van der Waals surface area contributed by atoms with Crippen molar-refractivity contribution in [2.24, 2.45) is 11.7 Å². The number of hydrogen-bond acceptors (Lipinski definition) is 2. The van der Waals surface area contributed by atoms with Gasteiger partial charge in [0.25, 0.3) is 0 Å². The van der Waals surface area contributed by atoms with E-state index in [0.29, 0.717) is 12.0 Å². The third kappa shape index (κ3) is 3.05. The van der Waals surface area contributed by atoms with E-state index in [0.717, 1.165) is 12.8 Å². The zero-order valence-corrected chi connectivity index (χ0v) is 11.7. The van der Waals surface area contributed by atoms with Crippen LogP contribution in [0.4, 0.5) is 0 Å². The zero-order valence-electron chi connectivity index (χ0n) is 11.7. The highest BCUT2D eigenvalue weighted by atomic mass is 16.1. The van der Waals surface area contributed by atoms with Crippen LogP contribution in [0.25, 0.3) is 0 Å². The summed E-state index contributed by atoms with van der Waals surface area (Å²) in [6.45, 7) is 2.04. The van der Waals surface area contributed by atoms with Crippen LogP contribution in [0.1, 0.15) is 71.1 Å². The van der Waals surface area contributed by atoms with Crippen LogP contribution < -0.4 is 11.1 Å². The molecule has 1 amide bonds. The van der Waals surface area contributed by atoms with Gasteiger partial charge in [0, 0.05) is 6.04 Å². The lowest BCUT2D eigenvalue weighted by molar-refractivity contribution is -0.127. The lowest BCUT2D eigenvalue weighted by atomic mass is 9.74. The molecule has 2 fully saturated rings. The molecule has 0 aromatic carbocycles. The third-order valence-electron chi connectivity index (χ3n) is 5.04. The van der Waals surface area contributed by atoms with Gasteiger partial charge in [-0.15, -0.1) is 0 Å². The molecular formula is C15H28N2O. The maximum atomic E-state index is 12.0. The van der Waals surface area contributed by atoms with Crippen LogP contribution in [0, 0.1) is 5.92 Å². The van der Waals surface area contributed by atoms with Gasteiger partial charge in [-0.1, -0.05) is 38.5 Å². The van der Waals surface area contributed by atoms with Crippen molar-refractivity contribution in [2.45, 2.75) is 82.7 Å². The molecule has 3 heteroatoms. The molecule has 0 bridgehead atoms. The molecule has 0 radical (unpaired) electrons. The lowest BCUT2D eigenvalue weighted by Crippen LogP contribution is -2.61. The SMILES string of the molecule is CC(NC1CCCCC1)(C(N)=O)C1CCCCC1. The minimum atomic E-state index is -0.484. The van der Waals surface area contributed by atoms with Crippen molar-refractivity contribution < 1.29 is 4.79 Å². The molecule has 18 heavy (non-hydrogen) atoms. The Morgan fingerprint density at radius 3 is 2.00 bits per heavy atom. The standard InChI is InChI=1S/C15H28N2O/c1-15(14(16)18,12-8-4-2-5-9-12)17-13-10-6-3-7-11-13/h12-13,17H,2-11H2,1H3,(H2,16,18). The number of primary amides is 1. The molecule has 0 aromatic heterocycles. The molecule has 2 aliphatic carbocycles. The number of nitrogens with two attached hydrogens (primary N) is 1. The molecule has 3 N–H and O–H groups in total. The number of hydrogen-bond donors (Lipinski definition) is 2. The van der Waals surface area contributed by atoms with Crippen LogP contribution in [0.2, 0.25) is 0 Å². The highest BCUT2D eigenvalue weighted by molar-refractivity contribution is 5.84. The Kier molecular flexibility index (Phi) is 4.66. The third-order valence-corrected chi connectivity index (χ3v) is 5.04. The van der Waals surface area contributed by atoms with Gasteiger partial charge < -0.3 is 11.1 Å². The molecule has 0 spiro atoms. The maximum Gasteiger partial charge on any atom is 0.237 e. The summed E-state index contributed by atoms with van der Waals surface area (Å²) in [5.41, 5.74) is 5.23. The molecule has 1 atom stereocenters. The Balaban J connectivity index is 2.02. The predicted molar refractivity (Wildman–Crippen MR) is 74.2 cm³/mol. The van der Waals surface area contributed by atoms with E-state index in [1.54, 1.807) is 0 Å². The summed E-state index contributed by atoms with van der Waals surface area (Å²) in [6.07, 6.45) is 12.4. The molecule has 0 heterocycles. The molecule has 2 rings (SSSR count). The van der Waals surface area contributed by atoms with Crippen LogP contribution >= 0.6 is 0 Å². The topological polar surface area (TPSA) is 55.1 Å². The Bertz CT molecular complexity index is 280. The van der Waals surface area contributed by atoms with E-state index in [1.807, 2.05) is 6.92 Å². The number of amides is 1. The van der Waals surface area contributed by atoms with Gasteiger partial charge in [-0.05, 0) is 38.5 Å². The first-order chi connectivity index (χ1) is 8.63. The highest BCUT2D eigenvalue weighted by Gasteiger charge is 2.41. The molecule has 0 aliphatic heterocycles. The van der Waals surface area contributed by atoms with E-state index in [9.17, 15) is 4.79 Å². The van der Waals surface area contributed by atoms with Gasteiger partial charge in [0.15, 0.2) is 0 Å². The van der Waals surface area contributed by atoms with Gasteiger partial charge in [-0.3, -0.25) is 4.79 Å². The smallest absolute Gasteiger partial charge is 0.237 e. The van der Waals surface area contributed by atoms with Crippen LogP contribution in [0.3, 0.4) is 0 Å². The first-order valence-corrected chi connectivity index (χ1v) is 7.70. The molecule has 2 saturated carbocycles. The molecule has 104 valence electrons. The quantitative estimate of drug-likeness (QED) is 0.808. The fraction of sp³-hybridized carbons (Fsp3) is 0.933. The summed E-state index contributed by atoms with van der Waals surface area (Å²) in [4.78, 5) is 12.0. The van der Waals surface area contributed by atoms with E-state index in [-0.39, 0.29) is 5.91 Å². The van der Waals surface area contributed by atoms with E-state index >= 15 is 0 Å². The average Bonchev–Trinajstić information content (AvgIpc) is 2.40. The van der Waals surface area contributed by atoms with Crippen LogP contribution in [-0.2, 0) is 4.79 Å². The minimum absolute atomic E-state index is 0.153. The summed E-state index contributed by atoms with van der Waals surface area (Å²) >= 11 is 0. The molecular weight excluding hydrogens is 224 g/mol. The Morgan fingerprint density at radius 1 is 1.00 bits per heavy atom. The summed E-state index contributed by atoms with van der Waals surface area (Å²) < 4.78 is 0. The predicted octanol–water partition coefficient (Wildman–Crippen LogP) is 2.73. The fourth-order valence-electron chi connectivity index (χ4n) is 3.74. The zero-order chi connectivity index (χ0) is 13.0. The minimum Gasteiger partial charge on any atom is -0.368 e. The van der Waals surface area contributed by atoms with Gasteiger partial charge in [-0.2, -0.15) is 0 Å². The molecule has 2 aliphatic rings. The average molecular weight is 252 g/mol. The summed E-state index contributed by atoms with van der Waals surface area (Å²) in [6, 6.07) is 0.498. The Hall–Kier alpha value is -0.570. The Labute approximate surface area is 111 Å². The summed E-state index contributed by atoms with van der Waals surface area (Å²) in [5.74, 6) is 0.283. The number of carbonyl (C=O) groups excluding carboxylic acids is 1. The van der Waals surface area contributed by atoms with Crippen molar-refractivity contribution >= 4 is 5.91 Å². The van der Waals surface area contributed by atoms with Crippen molar-refractivity contribution in [1.29, 1.82) is 0 Å². The first kappa shape index (κ1) is 13.9. The number of nitrogens with one attached hydrogen (secondary N) is 1. The van der Waals surface area contributed by atoms with Crippen LogP contribution in [0.5, 0.6) is 0 Å². The van der Waals surface area contributed by atoms with Gasteiger partial charge in [0.2, 0.25) is 5.91 Å². The fourth-order valence-corrected chi connectivity index (χ4v) is 3.74. The summed E-state index contributed by atoms with van der Waals surface area (Å²) in [5, 5.41) is 3.63. The highest BCUT2D eigenvalue weighted by Crippen LogP contribution is 2.34. The number of rotatable bonds is 4. The second-order valence-corrected chi connectivity index (χ2v) is 6.38. The van der Waals surface area contributed by atoms with Gasteiger partial charge in [-0.25, -0.2) is 0 Å². The van der Waals surface area contributed by atoms with E-state index in [2.05, 4.69) is 5.32 Å². The van der Waals surface area contributed by atoms with Crippen LogP contribution in [-0.4, -0.2) is 17.5 Å². The molecule has 0 aromatic rings. The van der Waals surface area contributed by atoms with Crippen LogP contribution in [0.15, 0.2) is 0 Å². The van der Waals surface area contributed by atoms with Crippen molar-refractivity contribution in [1.82, 2.24) is 5.32 Å². The second kappa shape index (κ2) is 6.05. The van der Waals surface area contributed by atoms with Crippen molar-refractivity contribution in [3.05, 3.63) is 0 Å². The van der Waals surface area contributed by atoms with Gasteiger partial charge >= 0.3 is 0 Å². The Morgan fingerprint density at radius 2 is 1.50 bits per heavy atom. The lowest BCUT2D eigenvalue weighted by Gasteiger charge is -2.41. The largest absolute Gasteiger partial charge is 0.368 e. The first-order valence-electron chi connectivity index (χ1n) is 7.70. The van der Waals surface area contributed by atoms with Gasteiger partial charge in [0.05, 0.1) is 5.54 Å². The normalized spacial score (nSPS) is 26.7. The second-order valence-electron chi connectivity index (χ2n) is 6.38. The molecule has 1 unspecified atom stereocenters. The molecule has 0 saturated heterocycles. The number of carbonyl (C=O) groups is 1. The van der Waals surface area contributed by atoms with Crippen molar-refractivity contribution in [2.75, 3.05) is 0 Å².